The van der Waals surface area contributed by atoms with Gasteiger partial charge in [-0.05, 0) is 32.4 Å². The van der Waals surface area contributed by atoms with E-state index in [4.69, 9.17) is 4.74 Å². The van der Waals surface area contributed by atoms with E-state index in [-0.39, 0.29) is 12.0 Å². The maximum Gasteiger partial charge on any atom is 0.255 e. The van der Waals surface area contributed by atoms with Crippen molar-refractivity contribution in [3.8, 4) is 5.88 Å². The van der Waals surface area contributed by atoms with Crippen LogP contribution in [0.1, 0.15) is 27.2 Å². The Hall–Kier alpha value is -2.96. The zero-order chi connectivity index (χ0) is 17.6. The summed E-state index contributed by atoms with van der Waals surface area (Å²) in [5.41, 5.74) is 3.73. The summed E-state index contributed by atoms with van der Waals surface area (Å²) in [6.07, 6.45) is 1.40. The van der Waals surface area contributed by atoms with Crippen molar-refractivity contribution in [3.05, 3.63) is 53.0 Å². The van der Waals surface area contributed by atoms with Crippen molar-refractivity contribution in [2.45, 2.75) is 26.9 Å². The van der Waals surface area contributed by atoms with Gasteiger partial charge in [-0.25, -0.2) is 4.98 Å². The highest BCUT2D eigenvalue weighted by atomic mass is 16.5. The molecule has 0 N–H and O–H groups in total. The number of rotatable bonds is 3. The summed E-state index contributed by atoms with van der Waals surface area (Å²) in [7, 11) is 0. The quantitative estimate of drug-likeness (QED) is 0.730. The van der Waals surface area contributed by atoms with Crippen molar-refractivity contribution in [3.63, 3.8) is 0 Å². The van der Waals surface area contributed by atoms with Crippen LogP contribution in [0.3, 0.4) is 0 Å². The molecular weight excluding hydrogens is 318 g/mol. The van der Waals surface area contributed by atoms with E-state index in [9.17, 15) is 4.79 Å². The third kappa shape index (κ3) is 2.82. The summed E-state index contributed by atoms with van der Waals surface area (Å²) in [5.74, 6) is 1.16. The van der Waals surface area contributed by atoms with Crippen LogP contribution in [0.4, 0.5) is 0 Å². The van der Waals surface area contributed by atoms with Gasteiger partial charge in [0.1, 0.15) is 12.4 Å². The minimum absolute atomic E-state index is 0.0501. The Balaban J connectivity index is 1.45. The van der Waals surface area contributed by atoms with E-state index < -0.39 is 0 Å². The van der Waals surface area contributed by atoms with Crippen molar-refractivity contribution in [1.29, 1.82) is 0 Å². The Morgan fingerprint density at radius 3 is 2.76 bits per heavy atom. The Morgan fingerprint density at radius 2 is 2.00 bits per heavy atom. The molecule has 25 heavy (non-hydrogen) atoms. The van der Waals surface area contributed by atoms with Crippen LogP contribution in [-0.4, -0.2) is 49.6 Å². The number of hydrogen-bond acceptors (Lipinski definition) is 5. The molecule has 1 saturated heterocycles. The molecule has 7 nitrogen and oxygen atoms in total. The molecule has 3 aromatic rings. The van der Waals surface area contributed by atoms with E-state index in [1.807, 2.05) is 45.0 Å². The number of amides is 1. The van der Waals surface area contributed by atoms with Gasteiger partial charge in [0, 0.05) is 17.3 Å². The van der Waals surface area contributed by atoms with E-state index in [0.29, 0.717) is 24.7 Å². The lowest BCUT2D eigenvalue weighted by Crippen LogP contribution is -2.56. The van der Waals surface area contributed by atoms with Gasteiger partial charge in [-0.15, -0.1) is 0 Å². The molecule has 7 heteroatoms. The molecule has 1 aliphatic heterocycles. The average molecular weight is 337 g/mol. The Kier molecular flexibility index (Phi) is 3.63. The minimum atomic E-state index is -0.0519. The number of carbonyl (C=O) groups excluding carboxylic acids is 1. The molecule has 1 amide bonds. The number of ether oxygens (including phenoxy) is 1. The zero-order valence-corrected chi connectivity index (χ0v) is 14.4. The molecular formula is C18H19N5O2. The second-order valence-corrected chi connectivity index (χ2v) is 6.48. The first-order chi connectivity index (χ1) is 12.0. The number of aryl methyl sites for hydroxylation is 3. The van der Waals surface area contributed by atoms with E-state index in [1.165, 1.54) is 6.33 Å². The van der Waals surface area contributed by atoms with Gasteiger partial charge in [-0.1, -0.05) is 17.7 Å². The van der Waals surface area contributed by atoms with Crippen molar-refractivity contribution in [2.24, 2.45) is 0 Å². The summed E-state index contributed by atoms with van der Waals surface area (Å²) in [5, 5.41) is 4.13. The number of benzene rings is 1. The number of carbonyl (C=O) groups is 1. The van der Waals surface area contributed by atoms with Gasteiger partial charge in [-0.2, -0.15) is 14.6 Å². The SMILES string of the molecule is Cc1ccc(C(=O)N2CC(Oc3cc(C)nc4ncnn34)C2)c(C)c1. The van der Waals surface area contributed by atoms with Gasteiger partial charge < -0.3 is 9.64 Å². The van der Waals surface area contributed by atoms with Crippen LogP contribution >= 0.6 is 0 Å². The van der Waals surface area contributed by atoms with Crippen LogP contribution in [0.2, 0.25) is 0 Å². The fourth-order valence-corrected chi connectivity index (χ4v) is 3.05. The van der Waals surface area contributed by atoms with Crippen molar-refractivity contribution in [1.82, 2.24) is 24.5 Å². The predicted octanol–water partition coefficient (Wildman–Crippen LogP) is 1.95. The van der Waals surface area contributed by atoms with Crippen molar-refractivity contribution >= 4 is 11.7 Å². The van der Waals surface area contributed by atoms with Gasteiger partial charge in [0.05, 0.1) is 13.1 Å². The summed E-state index contributed by atoms with van der Waals surface area (Å²) >= 11 is 0. The first-order valence-electron chi connectivity index (χ1n) is 8.22. The third-order valence-corrected chi connectivity index (χ3v) is 4.38. The molecule has 0 spiro atoms. The van der Waals surface area contributed by atoms with Gasteiger partial charge in [0.25, 0.3) is 11.7 Å². The van der Waals surface area contributed by atoms with E-state index >= 15 is 0 Å². The highest BCUT2D eigenvalue weighted by molar-refractivity contribution is 5.96. The molecule has 3 heterocycles. The second-order valence-electron chi connectivity index (χ2n) is 6.48. The lowest BCUT2D eigenvalue weighted by molar-refractivity contribution is 0.0150. The average Bonchev–Trinajstić information content (AvgIpc) is 2.98. The molecule has 0 atom stereocenters. The van der Waals surface area contributed by atoms with E-state index in [2.05, 4.69) is 15.1 Å². The number of likely N-dealkylation sites (tertiary alicyclic amines) is 1. The van der Waals surface area contributed by atoms with Gasteiger partial charge in [0.2, 0.25) is 5.88 Å². The third-order valence-electron chi connectivity index (χ3n) is 4.38. The van der Waals surface area contributed by atoms with Crippen LogP contribution in [0.25, 0.3) is 5.78 Å². The highest BCUT2D eigenvalue weighted by Crippen LogP contribution is 2.22. The van der Waals surface area contributed by atoms with Gasteiger partial charge >= 0.3 is 0 Å². The summed E-state index contributed by atoms with van der Waals surface area (Å²) in [4.78, 5) is 22.8. The van der Waals surface area contributed by atoms with Crippen molar-refractivity contribution in [2.75, 3.05) is 13.1 Å². The fraction of sp³-hybridized carbons (Fsp3) is 0.333. The second kappa shape index (κ2) is 5.84. The minimum Gasteiger partial charge on any atom is -0.470 e. The first-order valence-corrected chi connectivity index (χ1v) is 8.22. The van der Waals surface area contributed by atoms with Crippen LogP contribution in [0, 0.1) is 20.8 Å². The van der Waals surface area contributed by atoms with Crippen molar-refractivity contribution < 1.29 is 9.53 Å². The zero-order valence-electron chi connectivity index (χ0n) is 14.4. The molecule has 1 fully saturated rings. The molecule has 2 aromatic heterocycles. The molecule has 4 rings (SSSR count). The Bertz CT molecular complexity index is 959. The predicted molar refractivity (Wildman–Crippen MR) is 91.8 cm³/mol. The van der Waals surface area contributed by atoms with Crippen LogP contribution in [-0.2, 0) is 0 Å². The summed E-state index contributed by atoms with van der Waals surface area (Å²) in [6.45, 7) is 7.00. The maximum atomic E-state index is 12.6. The number of hydrogen-bond donors (Lipinski definition) is 0. The molecule has 0 unspecified atom stereocenters. The van der Waals surface area contributed by atoms with Gasteiger partial charge in [0.15, 0.2) is 0 Å². The van der Waals surface area contributed by atoms with Crippen LogP contribution in [0.5, 0.6) is 5.88 Å². The molecule has 0 saturated carbocycles. The standard InChI is InChI=1S/C18H19N5O2/c1-11-4-5-15(12(2)6-11)17(24)22-8-14(9-22)25-16-7-13(3)21-18-19-10-20-23(16)18/h4-7,10,14H,8-9H2,1-3H3. The monoisotopic (exact) mass is 337 g/mol. The molecule has 0 radical (unpaired) electrons. The lowest BCUT2D eigenvalue weighted by Gasteiger charge is -2.39. The normalized spacial score (nSPS) is 14.6. The Morgan fingerprint density at radius 1 is 1.20 bits per heavy atom. The summed E-state index contributed by atoms with van der Waals surface area (Å²) < 4.78 is 7.57. The Labute approximate surface area is 145 Å². The smallest absolute Gasteiger partial charge is 0.255 e. The molecule has 0 bridgehead atoms. The van der Waals surface area contributed by atoms with E-state index in [0.717, 1.165) is 22.4 Å². The topological polar surface area (TPSA) is 72.6 Å². The number of aromatic nitrogens is 4. The molecule has 1 aromatic carbocycles. The fourth-order valence-electron chi connectivity index (χ4n) is 3.05. The highest BCUT2D eigenvalue weighted by Gasteiger charge is 2.34. The van der Waals surface area contributed by atoms with E-state index in [1.54, 1.807) is 9.42 Å². The molecule has 128 valence electrons. The van der Waals surface area contributed by atoms with Crippen LogP contribution in [0.15, 0.2) is 30.6 Å². The largest absolute Gasteiger partial charge is 0.470 e. The first kappa shape index (κ1) is 15.6. The number of fused-ring (bicyclic) bond motifs is 1. The summed E-state index contributed by atoms with van der Waals surface area (Å²) in [6, 6.07) is 7.72. The van der Waals surface area contributed by atoms with Crippen LogP contribution < -0.4 is 4.74 Å². The molecule has 1 aliphatic rings. The lowest BCUT2D eigenvalue weighted by atomic mass is 10.0. The molecule has 0 aliphatic carbocycles. The van der Waals surface area contributed by atoms with Gasteiger partial charge in [-0.3, -0.25) is 4.79 Å². The maximum absolute atomic E-state index is 12.6. The number of nitrogens with zero attached hydrogens (tertiary/aromatic N) is 5.